The number of nitrogens with one attached hydrogen (secondary N) is 3. The number of carbonyl (C=O) groups excluding carboxylic acids is 1. The third-order valence-electron chi connectivity index (χ3n) is 4.45. The molecule has 1 aliphatic rings. The Morgan fingerprint density at radius 3 is 2.85 bits per heavy atom. The number of hydrogen-bond donors (Lipinski definition) is 3. The number of benzene rings is 2. The smallest absolute Gasteiger partial charge is 0.255 e. The lowest BCUT2D eigenvalue weighted by Gasteiger charge is -2.19. The van der Waals surface area contributed by atoms with Crippen molar-refractivity contribution in [3.05, 3.63) is 83.2 Å². The van der Waals surface area contributed by atoms with E-state index in [1.807, 2.05) is 12.1 Å². The molecule has 0 saturated heterocycles. The van der Waals surface area contributed by atoms with Gasteiger partial charge in [0.2, 0.25) is 0 Å². The third-order valence-corrected chi connectivity index (χ3v) is 4.45. The third kappa shape index (κ3) is 3.68. The molecule has 27 heavy (non-hydrogen) atoms. The van der Waals surface area contributed by atoms with Gasteiger partial charge in [-0.1, -0.05) is 24.3 Å². The first kappa shape index (κ1) is 17.2. The van der Waals surface area contributed by atoms with Gasteiger partial charge in [0.1, 0.15) is 30.0 Å². The normalized spacial score (nSPS) is 14.6. The van der Waals surface area contributed by atoms with E-state index >= 15 is 0 Å². The zero-order chi connectivity index (χ0) is 18.6. The van der Waals surface area contributed by atoms with Crippen LogP contribution < -0.4 is 15.4 Å². The van der Waals surface area contributed by atoms with Crippen molar-refractivity contribution in [3.63, 3.8) is 0 Å². The average molecular weight is 366 g/mol. The molecule has 0 radical (unpaired) electrons. The van der Waals surface area contributed by atoms with Crippen LogP contribution in [0.3, 0.4) is 0 Å². The number of amides is 1. The van der Waals surface area contributed by atoms with Crippen LogP contribution in [-0.4, -0.2) is 29.0 Å². The quantitative estimate of drug-likeness (QED) is 0.663. The fraction of sp³-hybridized carbons (Fsp3) is 0.200. The Balaban J connectivity index is 1.66. The highest BCUT2D eigenvalue weighted by atomic mass is 19.1. The van der Waals surface area contributed by atoms with Gasteiger partial charge in [-0.25, -0.2) is 9.37 Å². The standard InChI is InChI=1S/C20H19FN4O2/c21-15-6-4-13(5-7-15)17(19-23-8-9-24-19)25-20(26)16-3-1-2-14-12-22-10-11-27-18(14)16/h1-9,17,22H,10-12H2,(H,23,24)(H,25,26). The number of aromatic nitrogens is 2. The van der Waals surface area contributed by atoms with Crippen molar-refractivity contribution in [1.82, 2.24) is 20.6 Å². The van der Waals surface area contributed by atoms with Gasteiger partial charge in [0, 0.05) is 31.0 Å². The summed E-state index contributed by atoms with van der Waals surface area (Å²) in [6.45, 7) is 1.87. The van der Waals surface area contributed by atoms with Gasteiger partial charge < -0.3 is 20.4 Å². The van der Waals surface area contributed by atoms with Crippen molar-refractivity contribution in [3.8, 4) is 5.75 Å². The average Bonchev–Trinajstić information content (AvgIpc) is 3.11. The van der Waals surface area contributed by atoms with E-state index in [1.54, 1.807) is 30.6 Å². The SMILES string of the molecule is O=C(NC(c1ccc(F)cc1)c1ncc[nH]1)c1cccc2c1OCCNC2. The lowest BCUT2D eigenvalue weighted by Crippen LogP contribution is -2.30. The van der Waals surface area contributed by atoms with Crippen LogP contribution in [0.25, 0.3) is 0 Å². The Bertz CT molecular complexity index is 926. The van der Waals surface area contributed by atoms with Crippen molar-refractivity contribution < 1.29 is 13.9 Å². The number of ether oxygens (including phenoxy) is 1. The first-order valence-electron chi connectivity index (χ1n) is 8.73. The van der Waals surface area contributed by atoms with Crippen LogP contribution in [0.4, 0.5) is 4.39 Å². The van der Waals surface area contributed by atoms with Gasteiger partial charge in [-0.15, -0.1) is 0 Å². The summed E-state index contributed by atoms with van der Waals surface area (Å²) in [5.74, 6) is 0.550. The maximum Gasteiger partial charge on any atom is 0.255 e. The highest BCUT2D eigenvalue weighted by molar-refractivity contribution is 5.97. The van der Waals surface area contributed by atoms with Crippen molar-refractivity contribution >= 4 is 5.91 Å². The summed E-state index contributed by atoms with van der Waals surface area (Å²) in [5.41, 5.74) is 2.13. The van der Waals surface area contributed by atoms with Gasteiger partial charge in [-0.2, -0.15) is 0 Å². The monoisotopic (exact) mass is 366 g/mol. The Morgan fingerprint density at radius 1 is 1.22 bits per heavy atom. The minimum absolute atomic E-state index is 0.278. The predicted molar refractivity (Wildman–Crippen MR) is 97.9 cm³/mol. The molecule has 1 unspecified atom stereocenters. The molecule has 2 aromatic carbocycles. The molecular formula is C20H19FN4O2. The lowest BCUT2D eigenvalue weighted by atomic mass is 10.0. The Kier molecular flexibility index (Phi) is 4.84. The number of aromatic amines is 1. The number of fused-ring (bicyclic) bond motifs is 1. The molecule has 2 heterocycles. The lowest BCUT2D eigenvalue weighted by molar-refractivity contribution is 0.0937. The van der Waals surface area contributed by atoms with Crippen molar-refractivity contribution in [2.45, 2.75) is 12.6 Å². The summed E-state index contributed by atoms with van der Waals surface area (Å²) < 4.78 is 19.1. The molecule has 6 nitrogen and oxygen atoms in total. The van der Waals surface area contributed by atoms with E-state index in [0.29, 0.717) is 30.3 Å². The van der Waals surface area contributed by atoms with Crippen molar-refractivity contribution in [2.75, 3.05) is 13.2 Å². The van der Waals surface area contributed by atoms with E-state index in [0.717, 1.165) is 17.7 Å². The summed E-state index contributed by atoms with van der Waals surface area (Å²) in [4.78, 5) is 20.3. The number of carbonyl (C=O) groups is 1. The maximum absolute atomic E-state index is 13.3. The Hall–Kier alpha value is -3.19. The molecule has 7 heteroatoms. The van der Waals surface area contributed by atoms with Crippen LogP contribution in [0, 0.1) is 5.82 Å². The molecular weight excluding hydrogens is 347 g/mol. The van der Waals surface area contributed by atoms with E-state index in [9.17, 15) is 9.18 Å². The van der Waals surface area contributed by atoms with Crippen LogP contribution in [0.1, 0.15) is 33.4 Å². The number of H-pyrrole nitrogens is 1. The van der Waals surface area contributed by atoms with E-state index in [-0.39, 0.29) is 11.7 Å². The molecule has 0 fully saturated rings. The minimum atomic E-state index is -0.534. The summed E-state index contributed by atoms with van der Waals surface area (Å²) >= 11 is 0. The highest BCUT2D eigenvalue weighted by Gasteiger charge is 2.23. The van der Waals surface area contributed by atoms with Gasteiger partial charge in [-0.3, -0.25) is 4.79 Å². The fourth-order valence-electron chi connectivity index (χ4n) is 3.13. The van der Waals surface area contributed by atoms with Gasteiger partial charge >= 0.3 is 0 Å². The van der Waals surface area contributed by atoms with Crippen molar-refractivity contribution in [1.29, 1.82) is 0 Å². The number of rotatable bonds is 4. The second-order valence-corrected chi connectivity index (χ2v) is 6.25. The van der Waals surface area contributed by atoms with Crippen LogP contribution in [0.5, 0.6) is 5.75 Å². The topological polar surface area (TPSA) is 79.0 Å². The second kappa shape index (κ2) is 7.59. The first-order valence-corrected chi connectivity index (χ1v) is 8.73. The summed E-state index contributed by atoms with van der Waals surface area (Å²) in [5, 5.41) is 6.24. The Morgan fingerprint density at radius 2 is 2.07 bits per heavy atom. The van der Waals surface area contributed by atoms with Crippen LogP contribution in [0.15, 0.2) is 54.9 Å². The number of halogens is 1. The summed E-state index contributed by atoms with van der Waals surface area (Å²) in [6.07, 6.45) is 3.29. The summed E-state index contributed by atoms with van der Waals surface area (Å²) in [6, 6.07) is 11.0. The molecule has 0 spiro atoms. The second-order valence-electron chi connectivity index (χ2n) is 6.25. The number of imidazole rings is 1. The van der Waals surface area contributed by atoms with E-state index in [2.05, 4.69) is 20.6 Å². The molecule has 0 saturated carbocycles. The molecule has 3 N–H and O–H groups in total. The molecule has 3 aromatic rings. The molecule has 4 rings (SSSR count). The van der Waals surface area contributed by atoms with Crippen molar-refractivity contribution in [2.24, 2.45) is 0 Å². The van der Waals surface area contributed by atoms with Crippen LogP contribution in [-0.2, 0) is 6.54 Å². The zero-order valence-corrected chi connectivity index (χ0v) is 14.5. The highest BCUT2D eigenvalue weighted by Crippen LogP contribution is 2.27. The van der Waals surface area contributed by atoms with Gasteiger partial charge in [0.25, 0.3) is 5.91 Å². The largest absolute Gasteiger partial charge is 0.491 e. The van der Waals surface area contributed by atoms with E-state index < -0.39 is 6.04 Å². The van der Waals surface area contributed by atoms with Gasteiger partial charge in [-0.05, 0) is 23.8 Å². The van der Waals surface area contributed by atoms with Crippen LogP contribution >= 0.6 is 0 Å². The number of nitrogens with zero attached hydrogens (tertiary/aromatic N) is 1. The molecule has 1 atom stereocenters. The van der Waals surface area contributed by atoms with Gasteiger partial charge in [0.05, 0.1) is 5.56 Å². The van der Waals surface area contributed by atoms with E-state index in [4.69, 9.17) is 4.74 Å². The fourth-order valence-corrected chi connectivity index (χ4v) is 3.13. The van der Waals surface area contributed by atoms with Crippen LogP contribution in [0.2, 0.25) is 0 Å². The zero-order valence-electron chi connectivity index (χ0n) is 14.5. The number of hydrogen-bond acceptors (Lipinski definition) is 4. The minimum Gasteiger partial charge on any atom is -0.491 e. The molecule has 0 bridgehead atoms. The molecule has 138 valence electrons. The maximum atomic E-state index is 13.3. The molecule has 1 aromatic heterocycles. The number of para-hydroxylation sites is 1. The molecule has 1 aliphatic heterocycles. The van der Waals surface area contributed by atoms with E-state index in [1.165, 1.54) is 12.1 Å². The predicted octanol–water partition coefficient (Wildman–Crippen LogP) is 2.55. The van der Waals surface area contributed by atoms with Gasteiger partial charge in [0.15, 0.2) is 0 Å². The molecule has 0 aliphatic carbocycles. The first-order chi connectivity index (χ1) is 13.2. The summed E-state index contributed by atoms with van der Waals surface area (Å²) in [7, 11) is 0. The Labute approximate surface area is 155 Å². The molecule has 1 amide bonds.